The number of nitrogens with one attached hydrogen (secondary N) is 1. The molecule has 0 radical (unpaired) electrons. The zero-order chi connectivity index (χ0) is 15.4. The van der Waals surface area contributed by atoms with E-state index in [9.17, 15) is 13.2 Å². The molecular weight excluding hydrogens is 278 g/mol. The van der Waals surface area contributed by atoms with E-state index in [0.29, 0.717) is 19.3 Å². The topological polar surface area (TPSA) is 83.5 Å². The van der Waals surface area contributed by atoms with Gasteiger partial charge in [-0.05, 0) is 24.7 Å². The largest absolute Gasteiger partial charge is 0.481 e. The molecular formula is C14H27NO4S. The fourth-order valence-corrected chi connectivity index (χ4v) is 4.59. The van der Waals surface area contributed by atoms with Gasteiger partial charge in [-0.15, -0.1) is 0 Å². The Morgan fingerprint density at radius 3 is 2.25 bits per heavy atom. The molecule has 20 heavy (non-hydrogen) atoms. The average molecular weight is 305 g/mol. The Bertz CT molecular complexity index is 419. The summed E-state index contributed by atoms with van der Waals surface area (Å²) in [6, 6.07) is -0.528. The standard InChI is InChI=1S/C14H27NO4S/c1-14(2,3)10-11(9-13(16)17)15-20(18,19)12-7-5-4-6-8-12/h11-12,15H,4-10H2,1-3H3,(H,16,17). The number of rotatable bonds is 6. The maximum Gasteiger partial charge on any atom is 0.304 e. The molecule has 1 fully saturated rings. The van der Waals surface area contributed by atoms with Gasteiger partial charge in [0.15, 0.2) is 0 Å². The van der Waals surface area contributed by atoms with Crippen molar-refractivity contribution in [3.63, 3.8) is 0 Å². The molecule has 0 aromatic rings. The molecule has 0 bridgehead atoms. The summed E-state index contributed by atoms with van der Waals surface area (Å²) in [7, 11) is -3.41. The SMILES string of the molecule is CC(C)(C)CC(CC(=O)O)NS(=O)(=O)C1CCCCC1. The number of hydrogen-bond acceptors (Lipinski definition) is 3. The summed E-state index contributed by atoms with van der Waals surface area (Å²) in [4.78, 5) is 10.9. The molecule has 1 atom stereocenters. The fraction of sp³-hybridized carbons (Fsp3) is 0.929. The average Bonchev–Trinajstić information content (AvgIpc) is 2.26. The van der Waals surface area contributed by atoms with Crippen LogP contribution < -0.4 is 4.72 Å². The third-order valence-electron chi connectivity index (χ3n) is 3.60. The van der Waals surface area contributed by atoms with Gasteiger partial charge in [-0.3, -0.25) is 4.79 Å². The maximum absolute atomic E-state index is 12.4. The third-order valence-corrected chi connectivity index (χ3v) is 5.61. The van der Waals surface area contributed by atoms with Crippen LogP contribution in [0.15, 0.2) is 0 Å². The van der Waals surface area contributed by atoms with Crippen LogP contribution in [0.25, 0.3) is 0 Å². The minimum atomic E-state index is -3.41. The fourth-order valence-electron chi connectivity index (χ4n) is 2.81. The normalized spacial score (nSPS) is 19.8. The van der Waals surface area contributed by atoms with E-state index in [1.165, 1.54) is 0 Å². The molecule has 1 unspecified atom stereocenters. The molecule has 1 aliphatic rings. The molecule has 0 aromatic carbocycles. The van der Waals surface area contributed by atoms with Gasteiger partial charge in [-0.25, -0.2) is 13.1 Å². The number of carboxylic acid groups (broad SMARTS) is 1. The lowest BCUT2D eigenvalue weighted by Gasteiger charge is -2.29. The van der Waals surface area contributed by atoms with E-state index in [1.54, 1.807) is 0 Å². The van der Waals surface area contributed by atoms with Crippen LogP contribution in [0.1, 0.15) is 65.7 Å². The minimum Gasteiger partial charge on any atom is -0.481 e. The highest BCUT2D eigenvalue weighted by molar-refractivity contribution is 7.90. The highest BCUT2D eigenvalue weighted by atomic mass is 32.2. The first-order valence-electron chi connectivity index (χ1n) is 7.33. The lowest BCUT2D eigenvalue weighted by atomic mass is 9.87. The van der Waals surface area contributed by atoms with Gasteiger partial charge >= 0.3 is 5.97 Å². The molecule has 0 saturated heterocycles. The third kappa shape index (κ3) is 6.22. The molecule has 1 aliphatic carbocycles. The summed E-state index contributed by atoms with van der Waals surface area (Å²) in [5.41, 5.74) is -0.116. The van der Waals surface area contributed by atoms with Crippen molar-refractivity contribution in [2.45, 2.75) is 77.0 Å². The van der Waals surface area contributed by atoms with E-state index in [0.717, 1.165) is 19.3 Å². The van der Waals surface area contributed by atoms with Gasteiger partial charge in [0, 0.05) is 6.04 Å². The predicted octanol–water partition coefficient (Wildman–Crippen LogP) is 2.52. The Morgan fingerprint density at radius 2 is 1.80 bits per heavy atom. The number of hydrogen-bond donors (Lipinski definition) is 2. The van der Waals surface area contributed by atoms with Gasteiger partial charge in [0.2, 0.25) is 10.0 Å². The molecule has 0 aromatic heterocycles. The molecule has 0 amide bonds. The van der Waals surface area contributed by atoms with Crippen molar-refractivity contribution in [2.24, 2.45) is 5.41 Å². The molecule has 5 nitrogen and oxygen atoms in total. The van der Waals surface area contributed by atoms with Crippen LogP contribution in [0.4, 0.5) is 0 Å². The van der Waals surface area contributed by atoms with Gasteiger partial charge < -0.3 is 5.11 Å². The summed E-state index contributed by atoms with van der Waals surface area (Å²) < 4.78 is 27.4. The number of aliphatic carboxylic acids is 1. The van der Waals surface area contributed by atoms with E-state index in [1.807, 2.05) is 20.8 Å². The van der Waals surface area contributed by atoms with Crippen molar-refractivity contribution < 1.29 is 18.3 Å². The lowest BCUT2D eigenvalue weighted by Crippen LogP contribution is -2.44. The van der Waals surface area contributed by atoms with Crippen LogP contribution >= 0.6 is 0 Å². The zero-order valence-corrected chi connectivity index (χ0v) is 13.5. The summed E-state index contributed by atoms with van der Waals surface area (Å²) in [5, 5.41) is 8.60. The number of sulfonamides is 1. The molecule has 2 N–H and O–H groups in total. The van der Waals surface area contributed by atoms with E-state index in [-0.39, 0.29) is 17.1 Å². The Hall–Kier alpha value is -0.620. The summed E-state index contributed by atoms with van der Waals surface area (Å²) in [5.74, 6) is -0.967. The first kappa shape index (κ1) is 17.4. The molecule has 1 rings (SSSR count). The van der Waals surface area contributed by atoms with E-state index >= 15 is 0 Å². The van der Waals surface area contributed by atoms with Gasteiger partial charge in [0.25, 0.3) is 0 Å². The Balaban J connectivity index is 2.73. The van der Waals surface area contributed by atoms with E-state index in [4.69, 9.17) is 5.11 Å². The second kappa shape index (κ2) is 6.89. The van der Waals surface area contributed by atoms with Crippen molar-refractivity contribution >= 4 is 16.0 Å². The highest BCUT2D eigenvalue weighted by Gasteiger charge is 2.31. The van der Waals surface area contributed by atoms with Gasteiger partial charge in [0.1, 0.15) is 0 Å². The smallest absolute Gasteiger partial charge is 0.304 e. The lowest BCUT2D eigenvalue weighted by molar-refractivity contribution is -0.137. The Kier molecular flexibility index (Phi) is 6.01. The number of carbonyl (C=O) groups is 1. The van der Waals surface area contributed by atoms with Gasteiger partial charge in [-0.1, -0.05) is 40.0 Å². The Labute approximate surface area is 122 Å². The number of carboxylic acids is 1. The minimum absolute atomic E-state index is 0.116. The summed E-state index contributed by atoms with van der Waals surface area (Å²) in [6.45, 7) is 5.95. The second-order valence-corrected chi connectivity index (χ2v) is 8.97. The van der Waals surface area contributed by atoms with Crippen LogP contribution in [-0.4, -0.2) is 30.8 Å². The van der Waals surface area contributed by atoms with Gasteiger partial charge in [-0.2, -0.15) is 0 Å². The summed E-state index contributed by atoms with van der Waals surface area (Å²) in [6.07, 6.45) is 4.69. The van der Waals surface area contributed by atoms with Crippen LogP contribution in [0, 0.1) is 5.41 Å². The first-order valence-corrected chi connectivity index (χ1v) is 8.88. The van der Waals surface area contributed by atoms with Crippen LogP contribution in [0.2, 0.25) is 0 Å². The van der Waals surface area contributed by atoms with Crippen LogP contribution in [0.5, 0.6) is 0 Å². The Morgan fingerprint density at radius 1 is 1.25 bits per heavy atom. The summed E-state index contributed by atoms with van der Waals surface area (Å²) >= 11 is 0. The maximum atomic E-state index is 12.4. The highest BCUT2D eigenvalue weighted by Crippen LogP contribution is 2.26. The molecule has 118 valence electrons. The molecule has 0 aliphatic heterocycles. The molecule has 0 spiro atoms. The quantitative estimate of drug-likeness (QED) is 0.790. The van der Waals surface area contributed by atoms with Crippen molar-refractivity contribution in [3.05, 3.63) is 0 Å². The first-order chi connectivity index (χ1) is 9.10. The van der Waals surface area contributed by atoms with Crippen LogP contribution in [0.3, 0.4) is 0 Å². The predicted molar refractivity (Wildman–Crippen MR) is 79.0 cm³/mol. The van der Waals surface area contributed by atoms with E-state index in [2.05, 4.69) is 4.72 Å². The van der Waals surface area contributed by atoms with Crippen molar-refractivity contribution in [3.8, 4) is 0 Å². The second-order valence-electron chi connectivity index (χ2n) is 6.98. The monoisotopic (exact) mass is 305 g/mol. The van der Waals surface area contributed by atoms with Crippen molar-refractivity contribution in [2.75, 3.05) is 0 Å². The molecule has 6 heteroatoms. The molecule has 0 heterocycles. The van der Waals surface area contributed by atoms with Gasteiger partial charge in [0.05, 0.1) is 11.7 Å². The van der Waals surface area contributed by atoms with Crippen molar-refractivity contribution in [1.82, 2.24) is 4.72 Å². The van der Waals surface area contributed by atoms with Crippen LogP contribution in [-0.2, 0) is 14.8 Å². The van der Waals surface area contributed by atoms with E-state index < -0.39 is 22.0 Å². The zero-order valence-electron chi connectivity index (χ0n) is 12.7. The van der Waals surface area contributed by atoms with Crippen molar-refractivity contribution in [1.29, 1.82) is 0 Å². The molecule has 1 saturated carbocycles.